The Balaban J connectivity index is 1.42. The van der Waals surface area contributed by atoms with Gasteiger partial charge in [-0.05, 0) is 36.2 Å². The third-order valence-electron chi connectivity index (χ3n) is 4.97. The molecule has 148 valence electrons. The van der Waals surface area contributed by atoms with E-state index in [2.05, 4.69) is 46.4 Å². The molecule has 28 heavy (non-hydrogen) atoms. The summed E-state index contributed by atoms with van der Waals surface area (Å²) in [5.74, 6) is 0.479. The van der Waals surface area contributed by atoms with Crippen molar-refractivity contribution in [3.63, 3.8) is 0 Å². The van der Waals surface area contributed by atoms with Crippen LogP contribution in [0.5, 0.6) is 0 Å². The fourth-order valence-electron chi connectivity index (χ4n) is 3.34. The van der Waals surface area contributed by atoms with Crippen LogP contribution >= 0.6 is 0 Å². The minimum absolute atomic E-state index is 0.136. The van der Waals surface area contributed by atoms with Gasteiger partial charge in [0.2, 0.25) is 5.91 Å². The van der Waals surface area contributed by atoms with Crippen LogP contribution in [0.2, 0.25) is 0 Å². The second kappa shape index (κ2) is 9.78. The SMILES string of the molecule is CCc1cccc(NC(N)=NCCC(=O)N2CCN(c3ccccc3)CC2)c1. The van der Waals surface area contributed by atoms with Gasteiger partial charge in [-0.1, -0.05) is 37.3 Å². The molecule has 2 aromatic carbocycles. The quantitative estimate of drug-likeness (QED) is 0.598. The van der Waals surface area contributed by atoms with E-state index in [1.807, 2.05) is 35.2 Å². The lowest BCUT2D eigenvalue weighted by Crippen LogP contribution is -2.48. The molecule has 1 heterocycles. The van der Waals surface area contributed by atoms with Gasteiger partial charge < -0.3 is 20.9 Å². The van der Waals surface area contributed by atoms with E-state index in [-0.39, 0.29) is 5.91 Å². The van der Waals surface area contributed by atoms with Crippen molar-refractivity contribution in [1.82, 2.24) is 4.90 Å². The third-order valence-corrected chi connectivity index (χ3v) is 4.97. The van der Waals surface area contributed by atoms with Crippen LogP contribution in [-0.2, 0) is 11.2 Å². The first kappa shape index (κ1) is 19.7. The van der Waals surface area contributed by atoms with Gasteiger partial charge in [0.15, 0.2) is 5.96 Å². The molecule has 0 aromatic heterocycles. The number of carbonyl (C=O) groups is 1. The van der Waals surface area contributed by atoms with Crippen molar-refractivity contribution in [2.24, 2.45) is 10.7 Å². The molecule has 0 atom stereocenters. The van der Waals surface area contributed by atoms with Crippen LogP contribution in [0.4, 0.5) is 11.4 Å². The zero-order valence-electron chi connectivity index (χ0n) is 16.5. The number of piperazine rings is 1. The molecule has 0 unspecified atom stereocenters. The summed E-state index contributed by atoms with van der Waals surface area (Å²) in [6, 6.07) is 18.4. The largest absolute Gasteiger partial charge is 0.370 e. The standard InChI is InChI=1S/C22H29N5O/c1-2-18-7-6-8-19(17-18)25-22(23)24-12-11-21(28)27-15-13-26(14-16-27)20-9-4-3-5-10-20/h3-10,17H,2,11-16H2,1H3,(H3,23,24,25). The number of rotatable bonds is 6. The molecule has 6 heteroatoms. The van der Waals surface area contributed by atoms with Gasteiger partial charge in [-0.2, -0.15) is 0 Å². The number of guanidine groups is 1. The second-order valence-corrected chi connectivity index (χ2v) is 6.90. The summed E-state index contributed by atoms with van der Waals surface area (Å²) in [7, 11) is 0. The van der Waals surface area contributed by atoms with Gasteiger partial charge in [0.05, 0.1) is 6.54 Å². The summed E-state index contributed by atoms with van der Waals surface area (Å²) >= 11 is 0. The van der Waals surface area contributed by atoms with Crippen molar-refractivity contribution in [3.05, 3.63) is 60.2 Å². The first-order chi connectivity index (χ1) is 13.7. The summed E-state index contributed by atoms with van der Waals surface area (Å²) in [6.45, 7) is 5.71. The highest BCUT2D eigenvalue weighted by molar-refractivity contribution is 5.92. The molecule has 1 aliphatic rings. The Kier molecular flexibility index (Phi) is 6.89. The maximum atomic E-state index is 12.4. The summed E-state index contributed by atoms with van der Waals surface area (Å²) in [5, 5.41) is 3.09. The van der Waals surface area contributed by atoms with Crippen LogP contribution < -0.4 is 16.0 Å². The van der Waals surface area contributed by atoms with Gasteiger partial charge >= 0.3 is 0 Å². The predicted molar refractivity (Wildman–Crippen MR) is 116 cm³/mol. The smallest absolute Gasteiger partial charge is 0.224 e. The summed E-state index contributed by atoms with van der Waals surface area (Å²) in [4.78, 5) is 21.0. The topological polar surface area (TPSA) is 74.0 Å². The fraction of sp³-hybridized carbons (Fsp3) is 0.364. The molecule has 1 aliphatic heterocycles. The van der Waals surface area contributed by atoms with Crippen molar-refractivity contribution in [2.45, 2.75) is 19.8 Å². The summed E-state index contributed by atoms with van der Waals surface area (Å²) in [5.41, 5.74) is 9.32. The highest BCUT2D eigenvalue weighted by Gasteiger charge is 2.20. The molecule has 0 spiro atoms. The minimum atomic E-state index is 0.136. The molecular formula is C22H29N5O. The normalized spacial score (nSPS) is 14.8. The number of carbonyl (C=O) groups excluding carboxylic acids is 1. The number of benzene rings is 2. The van der Waals surface area contributed by atoms with Gasteiger partial charge in [-0.15, -0.1) is 0 Å². The van der Waals surface area contributed by atoms with E-state index in [9.17, 15) is 4.79 Å². The van der Waals surface area contributed by atoms with Gasteiger partial charge in [-0.25, -0.2) is 0 Å². The molecule has 1 amide bonds. The molecule has 3 N–H and O–H groups in total. The van der Waals surface area contributed by atoms with Crippen molar-refractivity contribution in [3.8, 4) is 0 Å². The minimum Gasteiger partial charge on any atom is -0.370 e. The van der Waals surface area contributed by atoms with Gasteiger partial charge in [-0.3, -0.25) is 9.79 Å². The molecule has 0 aliphatic carbocycles. The zero-order valence-corrected chi connectivity index (χ0v) is 16.5. The maximum Gasteiger partial charge on any atom is 0.224 e. The van der Waals surface area contributed by atoms with E-state index in [0.717, 1.165) is 38.3 Å². The number of nitrogens with two attached hydrogens (primary N) is 1. The highest BCUT2D eigenvalue weighted by Crippen LogP contribution is 2.16. The summed E-state index contributed by atoms with van der Waals surface area (Å²) in [6.07, 6.45) is 1.35. The number of aliphatic imine (C=N–C) groups is 1. The van der Waals surface area contributed by atoms with Crippen LogP contribution in [0.25, 0.3) is 0 Å². The van der Waals surface area contributed by atoms with E-state index < -0.39 is 0 Å². The third kappa shape index (κ3) is 5.49. The average Bonchev–Trinajstić information content (AvgIpc) is 2.74. The lowest BCUT2D eigenvalue weighted by atomic mass is 10.1. The first-order valence-corrected chi connectivity index (χ1v) is 9.89. The fourth-order valence-corrected chi connectivity index (χ4v) is 3.34. The lowest BCUT2D eigenvalue weighted by Gasteiger charge is -2.36. The molecule has 1 saturated heterocycles. The van der Waals surface area contributed by atoms with Gasteiger partial charge in [0.1, 0.15) is 0 Å². The van der Waals surface area contributed by atoms with Crippen LogP contribution in [0.3, 0.4) is 0 Å². The number of hydrogen-bond acceptors (Lipinski definition) is 3. The second-order valence-electron chi connectivity index (χ2n) is 6.90. The molecular weight excluding hydrogens is 350 g/mol. The van der Waals surface area contributed by atoms with Crippen LogP contribution in [0, 0.1) is 0 Å². The Bertz CT molecular complexity index is 798. The van der Waals surface area contributed by atoms with Gasteiger partial charge in [0, 0.05) is 44.0 Å². The Morgan fingerprint density at radius 2 is 1.82 bits per heavy atom. The molecule has 0 saturated carbocycles. The molecule has 6 nitrogen and oxygen atoms in total. The van der Waals surface area contributed by atoms with Crippen molar-refractivity contribution >= 4 is 23.2 Å². The Hall–Kier alpha value is -3.02. The van der Waals surface area contributed by atoms with E-state index >= 15 is 0 Å². The first-order valence-electron chi connectivity index (χ1n) is 9.89. The number of nitrogens with zero attached hydrogens (tertiary/aromatic N) is 3. The molecule has 3 rings (SSSR count). The Morgan fingerprint density at radius 1 is 1.07 bits per heavy atom. The zero-order chi connectivity index (χ0) is 19.8. The number of aryl methyl sites for hydroxylation is 1. The van der Waals surface area contributed by atoms with Crippen molar-refractivity contribution < 1.29 is 4.79 Å². The number of amides is 1. The van der Waals surface area contributed by atoms with E-state index in [1.165, 1.54) is 11.3 Å². The van der Waals surface area contributed by atoms with Gasteiger partial charge in [0.25, 0.3) is 0 Å². The highest BCUT2D eigenvalue weighted by atomic mass is 16.2. The molecule has 2 aromatic rings. The van der Waals surface area contributed by atoms with Crippen LogP contribution in [0.1, 0.15) is 18.9 Å². The van der Waals surface area contributed by atoms with Crippen LogP contribution in [0.15, 0.2) is 59.6 Å². The predicted octanol–water partition coefficient (Wildman–Crippen LogP) is 2.71. The Labute approximate surface area is 167 Å². The number of anilines is 2. The average molecular weight is 380 g/mol. The Morgan fingerprint density at radius 3 is 2.54 bits per heavy atom. The monoisotopic (exact) mass is 379 g/mol. The summed E-state index contributed by atoms with van der Waals surface area (Å²) < 4.78 is 0. The van der Waals surface area contributed by atoms with E-state index in [4.69, 9.17) is 5.73 Å². The van der Waals surface area contributed by atoms with E-state index in [0.29, 0.717) is 18.9 Å². The number of para-hydroxylation sites is 1. The maximum absolute atomic E-state index is 12.4. The number of hydrogen-bond donors (Lipinski definition) is 2. The van der Waals surface area contributed by atoms with Crippen molar-refractivity contribution in [1.29, 1.82) is 0 Å². The van der Waals surface area contributed by atoms with E-state index in [1.54, 1.807) is 0 Å². The molecule has 0 bridgehead atoms. The van der Waals surface area contributed by atoms with Crippen LogP contribution in [-0.4, -0.2) is 49.5 Å². The molecule has 0 radical (unpaired) electrons. The van der Waals surface area contributed by atoms with Crippen molar-refractivity contribution in [2.75, 3.05) is 42.9 Å². The lowest BCUT2D eigenvalue weighted by molar-refractivity contribution is -0.131. The molecule has 1 fully saturated rings. The number of nitrogens with one attached hydrogen (secondary N) is 1.